The van der Waals surface area contributed by atoms with Crippen LogP contribution in [0.25, 0.3) is 0 Å². The number of rotatable bonds is 5. The Hall–Kier alpha value is -1.66. The topological polar surface area (TPSA) is 41.5 Å². The van der Waals surface area contributed by atoms with Crippen molar-refractivity contribution < 1.29 is 18.6 Å². The van der Waals surface area contributed by atoms with E-state index >= 15 is 0 Å². The van der Waals surface area contributed by atoms with E-state index < -0.39 is 17.7 Å². The second kappa shape index (κ2) is 6.87. The smallest absolute Gasteiger partial charge is 0.129 e. The fraction of sp³-hybridized carbons (Fsp3) is 0.200. The molecule has 6 heteroatoms. The molecule has 112 valence electrons. The van der Waals surface area contributed by atoms with E-state index in [-0.39, 0.29) is 12.1 Å². The van der Waals surface area contributed by atoms with Crippen molar-refractivity contribution in [2.75, 3.05) is 19.0 Å². The number of halogens is 3. The van der Waals surface area contributed by atoms with Crippen LogP contribution in [0.3, 0.4) is 0 Å². The Morgan fingerprint density at radius 1 is 1.24 bits per heavy atom. The lowest BCUT2D eigenvalue weighted by atomic mass is 10.1. The largest absolute Gasteiger partial charge is 0.497 e. The normalized spacial score (nSPS) is 12.0. The van der Waals surface area contributed by atoms with E-state index in [4.69, 9.17) is 4.74 Å². The second-order valence-electron chi connectivity index (χ2n) is 4.41. The summed E-state index contributed by atoms with van der Waals surface area (Å²) < 4.78 is 32.5. The van der Waals surface area contributed by atoms with Crippen molar-refractivity contribution in [2.24, 2.45) is 0 Å². The van der Waals surface area contributed by atoms with E-state index in [1.54, 1.807) is 25.3 Å². The molecule has 0 spiro atoms. The molecule has 2 aromatic rings. The molecule has 0 bridgehead atoms. The summed E-state index contributed by atoms with van der Waals surface area (Å²) in [4.78, 5) is 0. The van der Waals surface area contributed by atoms with E-state index in [9.17, 15) is 13.9 Å². The third kappa shape index (κ3) is 3.92. The van der Waals surface area contributed by atoms with E-state index in [1.165, 1.54) is 0 Å². The highest BCUT2D eigenvalue weighted by atomic mass is 79.9. The summed E-state index contributed by atoms with van der Waals surface area (Å²) >= 11 is 3.36. The average molecular weight is 358 g/mol. The van der Waals surface area contributed by atoms with Crippen LogP contribution in [0.1, 0.15) is 11.7 Å². The van der Waals surface area contributed by atoms with E-state index in [0.29, 0.717) is 11.4 Å². The van der Waals surface area contributed by atoms with Crippen molar-refractivity contribution in [3.05, 3.63) is 58.1 Å². The lowest BCUT2D eigenvalue weighted by Gasteiger charge is -2.15. The maximum absolute atomic E-state index is 13.6. The van der Waals surface area contributed by atoms with Gasteiger partial charge in [-0.2, -0.15) is 0 Å². The van der Waals surface area contributed by atoms with Crippen molar-refractivity contribution in [1.29, 1.82) is 0 Å². The molecule has 0 saturated carbocycles. The van der Waals surface area contributed by atoms with Crippen LogP contribution in [-0.2, 0) is 0 Å². The van der Waals surface area contributed by atoms with Crippen molar-refractivity contribution in [1.82, 2.24) is 0 Å². The van der Waals surface area contributed by atoms with Gasteiger partial charge in [0.1, 0.15) is 17.4 Å². The van der Waals surface area contributed by atoms with Crippen molar-refractivity contribution >= 4 is 21.6 Å². The number of hydrogen-bond donors (Lipinski definition) is 2. The highest BCUT2D eigenvalue weighted by Crippen LogP contribution is 2.28. The highest BCUT2D eigenvalue weighted by Gasteiger charge is 2.14. The van der Waals surface area contributed by atoms with Crippen LogP contribution in [0.5, 0.6) is 5.75 Å². The van der Waals surface area contributed by atoms with E-state index in [1.807, 2.05) is 0 Å². The zero-order chi connectivity index (χ0) is 15.4. The molecule has 0 aliphatic rings. The van der Waals surface area contributed by atoms with Crippen LogP contribution in [0.15, 0.2) is 40.9 Å². The number of nitrogens with one attached hydrogen (secondary N) is 1. The molecule has 0 fully saturated rings. The monoisotopic (exact) mass is 357 g/mol. The Kier molecular flexibility index (Phi) is 5.14. The minimum atomic E-state index is -1.17. The third-order valence-corrected chi connectivity index (χ3v) is 3.67. The molecular weight excluding hydrogens is 344 g/mol. The SMILES string of the molecule is COc1ccc(Br)c(NCC(O)c2cc(F)ccc2F)c1. The summed E-state index contributed by atoms with van der Waals surface area (Å²) in [5.41, 5.74) is 0.603. The predicted octanol–water partition coefficient (Wildman–Crippen LogP) is 3.88. The highest BCUT2D eigenvalue weighted by molar-refractivity contribution is 9.10. The predicted molar refractivity (Wildman–Crippen MR) is 80.5 cm³/mol. The summed E-state index contributed by atoms with van der Waals surface area (Å²) in [5.74, 6) is -0.587. The molecule has 2 N–H and O–H groups in total. The van der Waals surface area contributed by atoms with Gasteiger partial charge in [-0.3, -0.25) is 0 Å². The summed E-state index contributed by atoms with van der Waals surface area (Å²) in [5, 5.41) is 13.0. The molecule has 1 unspecified atom stereocenters. The van der Waals surface area contributed by atoms with Crippen molar-refractivity contribution in [3.63, 3.8) is 0 Å². The average Bonchev–Trinajstić information content (AvgIpc) is 2.48. The molecule has 1 atom stereocenters. The van der Waals surface area contributed by atoms with Gasteiger partial charge in [0, 0.05) is 22.6 Å². The van der Waals surface area contributed by atoms with Gasteiger partial charge in [-0.05, 0) is 46.3 Å². The summed E-state index contributed by atoms with van der Waals surface area (Å²) in [7, 11) is 1.55. The zero-order valence-corrected chi connectivity index (χ0v) is 12.8. The minimum absolute atomic E-state index is 0.0339. The Bertz CT molecular complexity index is 637. The molecular formula is C15H14BrF2NO2. The Morgan fingerprint density at radius 2 is 2.00 bits per heavy atom. The molecule has 0 heterocycles. The van der Waals surface area contributed by atoms with E-state index in [0.717, 1.165) is 22.7 Å². The van der Waals surface area contributed by atoms with Crippen LogP contribution in [0.2, 0.25) is 0 Å². The quantitative estimate of drug-likeness (QED) is 0.853. The van der Waals surface area contributed by atoms with Crippen LogP contribution in [-0.4, -0.2) is 18.8 Å². The molecule has 0 aromatic heterocycles. The Labute approximate surface area is 129 Å². The van der Waals surface area contributed by atoms with Gasteiger partial charge in [0.25, 0.3) is 0 Å². The fourth-order valence-electron chi connectivity index (χ4n) is 1.85. The van der Waals surface area contributed by atoms with Crippen LogP contribution in [0, 0.1) is 11.6 Å². The molecule has 3 nitrogen and oxygen atoms in total. The lowest BCUT2D eigenvalue weighted by Crippen LogP contribution is -2.14. The molecule has 2 aromatic carbocycles. The summed E-state index contributed by atoms with van der Waals surface area (Å²) in [6, 6.07) is 8.29. The van der Waals surface area contributed by atoms with E-state index in [2.05, 4.69) is 21.2 Å². The van der Waals surface area contributed by atoms with Crippen LogP contribution >= 0.6 is 15.9 Å². The molecule has 0 radical (unpaired) electrons. The zero-order valence-electron chi connectivity index (χ0n) is 11.2. The maximum Gasteiger partial charge on any atom is 0.129 e. The molecule has 0 saturated heterocycles. The molecule has 2 rings (SSSR count). The number of benzene rings is 2. The Balaban J connectivity index is 2.10. The number of aliphatic hydroxyl groups is 1. The van der Waals surface area contributed by atoms with Crippen molar-refractivity contribution in [3.8, 4) is 5.75 Å². The third-order valence-electron chi connectivity index (χ3n) is 2.98. The Morgan fingerprint density at radius 3 is 2.71 bits per heavy atom. The summed E-state index contributed by atoms with van der Waals surface area (Å²) in [6.45, 7) is 0.0339. The van der Waals surface area contributed by atoms with Gasteiger partial charge in [0.15, 0.2) is 0 Å². The van der Waals surface area contributed by atoms with Crippen LogP contribution in [0.4, 0.5) is 14.5 Å². The van der Waals surface area contributed by atoms with Crippen molar-refractivity contribution in [2.45, 2.75) is 6.10 Å². The first-order valence-corrected chi connectivity index (χ1v) is 7.01. The second-order valence-corrected chi connectivity index (χ2v) is 5.26. The first-order valence-electron chi connectivity index (χ1n) is 6.21. The van der Waals surface area contributed by atoms with Gasteiger partial charge in [0.2, 0.25) is 0 Å². The van der Waals surface area contributed by atoms with Gasteiger partial charge in [-0.1, -0.05) is 0 Å². The van der Waals surface area contributed by atoms with Gasteiger partial charge < -0.3 is 15.2 Å². The molecule has 21 heavy (non-hydrogen) atoms. The summed E-state index contributed by atoms with van der Waals surface area (Å²) in [6.07, 6.45) is -1.17. The fourth-order valence-corrected chi connectivity index (χ4v) is 2.24. The number of anilines is 1. The molecule has 0 aliphatic heterocycles. The number of methoxy groups -OCH3 is 1. The molecule has 0 aliphatic carbocycles. The van der Waals surface area contributed by atoms with Gasteiger partial charge in [-0.25, -0.2) is 8.78 Å². The lowest BCUT2D eigenvalue weighted by molar-refractivity contribution is 0.186. The number of aliphatic hydroxyl groups excluding tert-OH is 1. The number of hydrogen-bond acceptors (Lipinski definition) is 3. The standard InChI is InChI=1S/C15H14BrF2NO2/c1-21-10-3-4-12(16)14(7-10)19-8-15(20)11-6-9(17)2-5-13(11)18/h2-7,15,19-20H,8H2,1H3. The van der Waals surface area contributed by atoms with Gasteiger partial charge >= 0.3 is 0 Å². The maximum atomic E-state index is 13.6. The van der Waals surface area contributed by atoms with Gasteiger partial charge in [0.05, 0.1) is 18.9 Å². The first-order chi connectivity index (χ1) is 10.0. The first kappa shape index (κ1) is 15.7. The van der Waals surface area contributed by atoms with Gasteiger partial charge in [-0.15, -0.1) is 0 Å². The van der Waals surface area contributed by atoms with Crippen LogP contribution < -0.4 is 10.1 Å². The molecule has 0 amide bonds. The number of ether oxygens (including phenoxy) is 1. The minimum Gasteiger partial charge on any atom is -0.497 e.